The lowest BCUT2D eigenvalue weighted by atomic mass is 10.1. The first-order chi connectivity index (χ1) is 16.6. The largest absolute Gasteiger partial charge is 0.497 e. The third-order valence-corrected chi connectivity index (χ3v) is 5.90. The normalized spacial score (nSPS) is 15.0. The average molecular weight is 465 g/mol. The molecular formula is C24H25FN6O3. The number of halogens is 1. The number of methoxy groups -OCH3 is 1. The van der Waals surface area contributed by atoms with Crippen molar-refractivity contribution < 1.29 is 18.2 Å². The molecule has 2 aromatic heterocycles. The predicted molar refractivity (Wildman–Crippen MR) is 121 cm³/mol. The minimum absolute atomic E-state index is 0.280. The summed E-state index contributed by atoms with van der Waals surface area (Å²) in [5, 5.41) is 8.11. The number of aromatic nitrogens is 4. The molecule has 0 N–H and O–H groups in total. The zero-order valence-corrected chi connectivity index (χ0v) is 19.1. The Morgan fingerprint density at radius 3 is 1.88 bits per heavy atom. The van der Waals surface area contributed by atoms with E-state index in [2.05, 4.69) is 30.1 Å². The molecular weight excluding hydrogens is 439 g/mol. The number of benzene rings is 2. The van der Waals surface area contributed by atoms with Gasteiger partial charge in [-0.05, 0) is 42.8 Å². The second kappa shape index (κ2) is 9.70. The molecule has 0 bridgehead atoms. The summed E-state index contributed by atoms with van der Waals surface area (Å²) in [4.78, 5) is 13.5. The van der Waals surface area contributed by atoms with Gasteiger partial charge >= 0.3 is 0 Å². The van der Waals surface area contributed by atoms with Crippen molar-refractivity contribution in [3.63, 3.8) is 0 Å². The highest BCUT2D eigenvalue weighted by atomic mass is 19.1. The van der Waals surface area contributed by atoms with Crippen LogP contribution >= 0.6 is 0 Å². The van der Waals surface area contributed by atoms with Crippen LogP contribution in [0.4, 0.5) is 4.39 Å². The van der Waals surface area contributed by atoms with Gasteiger partial charge in [0, 0.05) is 37.3 Å². The van der Waals surface area contributed by atoms with Crippen LogP contribution in [0.25, 0.3) is 22.8 Å². The van der Waals surface area contributed by atoms with Gasteiger partial charge in [-0.3, -0.25) is 9.80 Å². The lowest BCUT2D eigenvalue weighted by Gasteiger charge is -2.32. The molecule has 0 saturated carbocycles. The summed E-state index contributed by atoms with van der Waals surface area (Å²) in [6.45, 7) is 6.26. The van der Waals surface area contributed by atoms with Crippen LogP contribution in [-0.4, -0.2) is 63.4 Å². The minimum atomic E-state index is -0.280. The van der Waals surface area contributed by atoms with Crippen LogP contribution in [-0.2, 0) is 13.1 Å². The van der Waals surface area contributed by atoms with Crippen molar-refractivity contribution in [1.82, 2.24) is 30.1 Å². The van der Waals surface area contributed by atoms with Gasteiger partial charge in [0.1, 0.15) is 11.6 Å². The molecule has 1 saturated heterocycles. The molecule has 2 aromatic carbocycles. The van der Waals surface area contributed by atoms with Crippen molar-refractivity contribution in [1.29, 1.82) is 0 Å². The first kappa shape index (κ1) is 22.2. The van der Waals surface area contributed by atoms with Crippen molar-refractivity contribution >= 4 is 0 Å². The smallest absolute Gasteiger partial charge is 0.241 e. The van der Waals surface area contributed by atoms with E-state index in [0.29, 0.717) is 47.6 Å². The van der Waals surface area contributed by atoms with Crippen molar-refractivity contribution in [3.8, 4) is 28.5 Å². The number of hydrogen-bond acceptors (Lipinski definition) is 9. The number of rotatable bonds is 7. The van der Waals surface area contributed by atoms with E-state index in [-0.39, 0.29) is 5.82 Å². The van der Waals surface area contributed by atoms with Gasteiger partial charge in [-0.1, -0.05) is 22.4 Å². The van der Waals surface area contributed by atoms with Gasteiger partial charge in [-0.15, -0.1) is 0 Å². The third kappa shape index (κ3) is 4.97. The molecule has 1 fully saturated rings. The minimum Gasteiger partial charge on any atom is -0.497 e. The van der Waals surface area contributed by atoms with Crippen molar-refractivity contribution in [3.05, 3.63) is 65.6 Å². The Labute approximate surface area is 196 Å². The van der Waals surface area contributed by atoms with Gasteiger partial charge in [-0.2, -0.15) is 9.97 Å². The van der Waals surface area contributed by atoms with E-state index in [1.54, 1.807) is 26.2 Å². The van der Waals surface area contributed by atoms with Gasteiger partial charge < -0.3 is 13.8 Å². The van der Waals surface area contributed by atoms with Crippen LogP contribution < -0.4 is 4.74 Å². The SMILES string of the molecule is COc1ccc(-c2noc(CN3CCN(Cc4nc(-c5ccc(C)c(F)c5)no4)CC3)n2)cc1. The molecule has 0 spiro atoms. The Hall–Kier alpha value is -3.63. The first-order valence-electron chi connectivity index (χ1n) is 11.1. The quantitative estimate of drug-likeness (QED) is 0.407. The summed E-state index contributed by atoms with van der Waals surface area (Å²) >= 11 is 0. The topological polar surface area (TPSA) is 93.6 Å². The average Bonchev–Trinajstić information content (AvgIpc) is 3.52. The third-order valence-electron chi connectivity index (χ3n) is 5.90. The number of aryl methyl sites for hydroxylation is 1. The summed E-state index contributed by atoms with van der Waals surface area (Å²) in [7, 11) is 1.63. The molecule has 0 radical (unpaired) electrons. The van der Waals surface area contributed by atoms with Gasteiger partial charge in [0.25, 0.3) is 0 Å². The van der Waals surface area contributed by atoms with E-state index in [4.69, 9.17) is 13.8 Å². The summed E-state index contributed by atoms with van der Waals surface area (Å²) in [5.74, 6) is 2.58. The fraction of sp³-hybridized carbons (Fsp3) is 0.333. The van der Waals surface area contributed by atoms with E-state index in [1.807, 2.05) is 24.3 Å². The molecule has 0 aliphatic carbocycles. The van der Waals surface area contributed by atoms with E-state index in [0.717, 1.165) is 37.5 Å². The number of nitrogens with zero attached hydrogens (tertiary/aromatic N) is 6. The Morgan fingerprint density at radius 1 is 0.824 bits per heavy atom. The molecule has 10 heteroatoms. The molecule has 0 amide bonds. The van der Waals surface area contributed by atoms with Crippen LogP contribution in [0.5, 0.6) is 5.75 Å². The van der Waals surface area contributed by atoms with Gasteiger partial charge in [0.15, 0.2) is 0 Å². The molecule has 3 heterocycles. The lowest BCUT2D eigenvalue weighted by Crippen LogP contribution is -2.45. The van der Waals surface area contributed by atoms with E-state index >= 15 is 0 Å². The second-order valence-electron chi connectivity index (χ2n) is 8.27. The Balaban J connectivity index is 1.13. The molecule has 1 aliphatic heterocycles. The fourth-order valence-corrected chi connectivity index (χ4v) is 3.83. The summed E-state index contributed by atoms with van der Waals surface area (Å²) in [6, 6.07) is 12.5. The zero-order valence-electron chi connectivity index (χ0n) is 19.1. The summed E-state index contributed by atoms with van der Waals surface area (Å²) in [6.07, 6.45) is 0. The van der Waals surface area contributed by atoms with Crippen LogP contribution in [0.3, 0.4) is 0 Å². The molecule has 0 atom stereocenters. The molecule has 4 aromatic rings. The van der Waals surface area contributed by atoms with Gasteiger partial charge in [0.2, 0.25) is 23.4 Å². The van der Waals surface area contributed by atoms with E-state index in [1.165, 1.54) is 6.07 Å². The highest BCUT2D eigenvalue weighted by Gasteiger charge is 2.21. The van der Waals surface area contributed by atoms with Crippen LogP contribution in [0.1, 0.15) is 17.3 Å². The molecule has 1 aliphatic rings. The summed E-state index contributed by atoms with van der Waals surface area (Å²) < 4.78 is 29.9. The fourth-order valence-electron chi connectivity index (χ4n) is 3.83. The molecule has 0 unspecified atom stereocenters. The number of ether oxygens (including phenoxy) is 1. The molecule has 176 valence electrons. The lowest BCUT2D eigenvalue weighted by molar-refractivity contribution is 0.103. The molecule has 9 nitrogen and oxygen atoms in total. The van der Waals surface area contributed by atoms with Crippen molar-refractivity contribution in [2.75, 3.05) is 33.3 Å². The van der Waals surface area contributed by atoms with Gasteiger partial charge in [0.05, 0.1) is 20.2 Å². The predicted octanol–water partition coefficient (Wildman–Crippen LogP) is 3.56. The molecule has 34 heavy (non-hydrogen) atoms. The number of piperazine rings is 1. The zero-order chi connectivity index (χ0) is 23.5. The van der Waals surface area contributed by atoms with E-state index < -0.39 is 0 Å². The van der Waals surface area contributed by atoms with Crippen LogP contribution in [0.15, 0.2) is 51.5 Å². The monoisotopic (exact) mass is 464 g/mol. The van der Waals surface area contributed by atoms with Crippen molar-refractivity contribution in [2.45, 2.75) is 20.0 Å². The maximum Gasteiger partial charge on any atom is 0.241 e. The Kier molecular flexibility index (Phi) is 6.33. The first-order valence-corrected chi connectivity index (χ1v) is 11.1. The van der Waals surface area contributed by atoms with Crippen LogP contribution in [0, 0.1) is 12.7 Å². The maximum atomic E-state index is 13.8. The maximum absolute atomic E-state index is 13.8. The van der Waals surface area contributed by atoms with Crippen LogP contribution in [0.2, 0.25) is 0 Å². The Morgan fingerprint density at radius 2 is 1.35 bits per heavy atom. The highest BCUT2D eigenvalue weighted by Crippen LogP contribution is 2.21. The van der Waals surface area contributed by atoms with E-state index in [9.17, 15) is 4.39 Å². The molecule has 5 rings (SSSR count). The van der Waals surface area contributed by atoms with Gasteiger partial charge in [-0.25, -0.2) is 4.39 Å². The number of hydrogen-bond donors (Lipinski definition) is 0. The second-order valence-corrected chi connectivity index (χ2v) is 8.27. The van der Waals surface area contributed by atoms with Crippen molar-refractivity contribution in [2.24, 2.45) is 0 Å². The summed E-state index contributed by atoms with van der Waals surface area (Å²) in [5.41, 5.74) is 2.08. The highest BCUT2D eigenvalue weighted by molar-refractivity contribution is 5.56. The Bertz CT molecular complexity index is 1250. The standard InChI is InChI=1S/C24H25FN6O3/c1-16-3-4-18(13-20(16)25)24-27-22(34-29-24)15-31-11-9-30(10-12-31)14-21-26-23(28-33-21)17-5-7-19(32-2)8-6-17/h3-8,13H,9-12,14-15H2,1-2H3.